The summed E-state index contributed by atoms with van der Waals surface area (Å²) in [4.78, 5) is 0. The SMILES string of the molecule is CC(NC1CNC1)c1ccc(C(F)(F)F)cc1. The summed E-state index contributed by atoms with van der Waals surface area (Å²) in [5.41, 5.74) is 0.281. The van der Waals surface area contributed by atoms with Crippen LogP contribution in [0.25, 0.3) is 0 Å². The van der Waals surface area contributed by atoms with Crippen molar-refractivity contribution in [1.29, 1.82) is 0 Å². The molecule has 1 heterocycles. The molecule has 1 unspecified atom stereocenters. The van der Waals surface area contributed by atoms with Gasteiger partial charge in [0, 0.05) is 25.2 Å². The van der Waals surface area contributed by atoms with E-state index in [0.29, 0.717) is 6.04 Å². The fraction of sp³-hybridized carbons (Fsp3) is 0.500. The van der Waals surface area contributed by atoms with Crippen LogP contribution in [0.4, 0.5) is 13.2 Å². The second-order valence-electron chi connectivity index (χ2n) is 4.36. The predicted molar refractivity (Wildman–Crippen MR) is 59.7 cm³/mol. The van der Waals surface area contributed by atoms with Crippen LogP contribution in [-0.4, -0.2) is 19.1 Å². The van der Waals surface area contributed by atoms with E-state index >= 15 is 0 Å². The lowest BCUT2D eigenvalue weighted by Crippen LogP contribution is -2.55. The molecule has 0 amide bonds. The van der Waals surface area contributed by atoms with Gasteiger partial charge < -0.3 is 10.6 Å². The minimum atomic E-state index is -4.26. The number of hydrogen-bond acceptors (Lipinski definition) is 2. The number of alkyl halides is 3. The van der Waals surface area contributed by atoms with Crippen LogP contribution >= 0.6 is 0 Å². The quantitative estimate of drug-likeness (QED) is 0.852. The lowest BCUT2D eigenvalue weighted by atomic mass is 10.0. The van der Waals surface area contributed by atoms with Gasteiger partial charge in [-0.2, -0.15) is 13.2 Å². The Morgan fingerprint density at radius 1 is 1.24 bits per heavy atom. The van der Waals surface area contributed by atoms with Crippen LogP contribution < -0.4 is 10.6 Å². The second kappa shape index (κ2) is 4.66. The van der Waals surface area contributed by atoms with Crippen LogP contribution in [0.5, 0.6) is 0 Å². The monoisotopic (exact) mass is 244 g/mol. The first kappa shape index (κ1) is 12.4. The van der Waals surface area contributed by atoms with Gasteiger partial charge in [0.2, 0.25) is 0 Å². The van der Waals surface area contributed by atoms with Crippen molar-refractivity contribution in [3.63, 3.8) is 0 Å². The Kier molecular flexibility index (Phi) is 3.40. The normalized spacial score (nSPS) is 18.8. The Balaban J connectivity index is 2.01. The van der Waals surface area contributed by atoms with Gasteiger partial charge >= 0.3 is 6.18 Å². The number of benzene rings is 1. The molecule has 1 aliphatic rings. The lowest BCUT2D eigenvalue weighted by Gasteiger charge is -2.31. The van der Waals surface area contributed by atoms with Crippen molar-refractivity contribution in [3.05, 3.63) is 35.4 Å². The van der Waals surface area contributed by atoms with Crippen molar-refractivity contribution in [2.24, 2.45) is 0 Å². The molecule has 0 aromatic heterocycles. The molecule has 1 aromatic rings. The molecule has 2 N–H and O–H groups in total. The van der Waals surface area contributed by atoms with Crippen LogP contribution in [0.3, 0.4) is 0 Å². The molecule has 0 bridgehead atoms. The molecule has 0 spiro atoms. The van der Waals surface area contributed by atoms with Crippen molar-refractivity contribution < 1.29 is 13.2 Å². The summed E-state index contributed by atoms with van der Waals surface area (Å²) in [6.45, 7) is 3.80. The number of hydrogen-bond donors (Lipinski definition) is 2. The van der Waals surface area contributed by atoms with Gasteiger partial charge in [-0.15, -0.1) is 0 Å². The maximum absolute atomic E-state index is 12.4. The Labute approximate surface area is 98.2 Å². The molecule has 94 valence electrons. The van der Waals surface area contributed by atoms with Gasteiger partial charge in [-0.25, -0.2) is 0 Å². The summed E-state index contributed by atoms with van der Waals surface area (Å²) in [5, 5.41) is 6.48. The molecule has 5 heteroatoms. The molecule has 1 aromatic carbocycles. The fourth-order valence-electron chi connectivity index (χ4n) is 1.82. The van der Waals surface area contributed by atoms with Crippen LogP contribution in [0, 0.1) is 0 Å². The standard InChI is InChI=1S/C12H15F3N2/c1-8(17-11-6-16-7-11)9-2-4-10(5-3-9)12(13,14)15/h2-5,8,11,16-17H,6-7H2,1H3. The first-order valence-electron chi connectivity index (χ1n) is 5.61. The average molecular weight is 244 g/mol. The Bertz CT molecular complexity index is 368. The van der Waals surface area contributed by atoms with E-state index in [9.17, 15) is 13.2 Å². The van der Waals surface area contributed by atoms with Crippen LogP contribution in [0.1, 0.15) is 24.1 Å². The van der Waals surface area contributed by atoms with Gasteiger partial charge in [0.25, 0.3) is 0 Å². The third kappa shape index (κ3) is 2.98. The van der Waals surface area contributed by atoms with Crippen molar-refractivity contribution >= 4 is 0 Å². The molecule has 1 aliphatic heterocycles. The van der Waals surface area contributed by atoms with E-state index < -0.39 is 11.7 Å². The van der Waals surface area contributed by atoms with Crippen molar-refractivity contribution in [3.8, 4) is 0 Å². The van der Waals surface area contributed by atoms with E-state index in [4.69, 9.17) is 0 Å². The molecule has 0 aliphatic carbocycles. The summed E-state index contributed by atoms with van der Waals surface area (Å²) in [7, 11) is 0. The molecule has 1 fully saturated rings. The zero-order valence-electron chi connectivity index (χ0n) is 9.51. The number of halogens is 3. The maximum Gasteiger partial charge on any atom is 0.416 e. The third-order valence-electron chi connectivity index (χ3n) is 3.01. The van der Waals surface area contributed by atoms with Crippen LogP contribution in [-0.2, 0) is 6.18 Å². The van der Waals surface area contributed by atoms with Crippen LogP contribution in [0.2, 0.25) is 0 Å². The fourth-order valence-corrected chi connectivity index (χ4v) is 1.82. The summed E-state index contributed by atoms with van der Waals surface area (Å²) in [5.74, 6) is 0. The van der Waals surface area contributed by atoms with Gasteiger partial charge in [0.05, 0.1) is 5.56 Å². The maximum atomic E-state index is 12.4. The summed E-state index contributed by atoms with van der Waals surface area (Å²) in [6.07, 6.45) is -4.26. The Morgan fingerprint density at radius 3 is 2.24 bits per heavy atom. The van der Waals surface area contributed by atoms with E-state index in [1.54, 1.807) is 0 Å². The molecule has 2 nitrogen and oxygen atoms in total. The summed E-state index contributed by atoms with van der Waals surface area (Å²) in [6, 6.07) is 5.83. The zero-order chi connectivity index (χ0) is 12.5. The highest BCUT2D eigenvalue weighted by molar-refractivity contribution is 5.26. The van der Waals surface area contributed by atoms with Crippen molar-refractivity contribution in [2.75, 3.05) is 13.1 Å². The molecule has 0 saturated carbocycles. The van der Waals surface area contributed by atoms with Gasteiger partial charge in [0.1, 0.15) is 0 Å². The second-order valence-corrected chi connectivity index (χ2v) is 4.36. The zero-order valence-corrected chi connectivity index (χ0v) is 9.51. The molecule has 17 heavy (non-hydrogen) atoms. The highest BCUT2D eigenvalue weighted by Gasteiger charge is 2.30. The van der Waals surface area contributed by atoms with Crippen LogP contribution in [0.15, 0.2) is 24.3 Å². The molecule has 1 saturated heterocycles. The molecule has 1 atom stereocenters. The van der Waals surface area contributed by atoms with Gasteiger partial charge in [-0.1, -0.05) is 12.1 Å². The highest BCUT2D eigenvalue weighted by atomic mass is 19.4. The Morgan fingerprint density at radius 2 is 1.82 bits per heavy atom. The first-order valence-corrected chi connectivity index (χ1v) is 5.61. The molecule has 0 radical (unpaired) electrons. The van der Waals surface area contributed by atoms with E-state index in [-0.39, 0.29) is 6.04 Å². The van der Waals surface area contributed by atoms with Gasteiger partial charge in [0.15, 0.2) is 0 Å². The lowest BCUT2D eigenvalue weighted by molar-refractivity contribution is -0.137. The molecule has 2 rings (SSSR count). The first-order chi connectivity index (χ1) is 7.97. The molecular weight excluding hydrogens is 229 g/mol. The predicted octanol–water partition coefficient (Wildman–Crippen LogP) is 2.33. The number of rotatable bonds is 3. The largest absolute Gasteiger partial charge is 0.416 e. The smallest absolute Gasteiger partial charge is 0.314 e. The van der Waals surface area contributed by atoms with Gasteiger partial charge in [-0.3, -0.25) is 0 Å². The summed E-state index contributed by atoms with van der Waals surface area (Å²) >= 11 is 0. The average Bonchev–Trinajstić information content (AvgIpc) is 2.22. The highest BCUT2D eigenvalue weighted by Crippen LogP contribution is 2.29. The van der Waals surface area contributed by atoms with Crippen molar-refractivity contribution in [2.45, 2.75) is 25.2 Å². The van der Waals surface area contributed by atoms with E-state index in [1.807, 2.05) is 6.92 Å². The minimum Gasteiger partial charge on any atom is -0.314 e. The van der Waals surface area contributed by atoms with E-state index in [1.165, 1.54) is 12.1 Å². The van der Waals surface area contributed by atoms with E-state index in [0.717, 1.165) is 30.8 Å². The minimum absolute atomic E-state index is 0.0735. The van der Waals surface area contributed by atoms with Gasteiger partial charge in [-0.05, 0) is 24.6 Å². The number of nitrogens with one attached hydrogen (secondary N) is 2. The summed E-state index contributed by atoms with van der Waals surface area (Å²) < 4.78 is 37.1. The van der Waals surface area contributed by atoms with Crippen molar-refractivity contribution in [1.82, 2.24) is 10.6 Å². The van der Waals surface area contributed by atoms with E-state index in [2.05, 4.69) is 10.6 Å². The topological polar surface area (TPSA) is 24.1 Å². The third-order valence-corrected chi connectivity index (χ3v) is 3.01. The Hall–Kier alpha value is -1.07. The molecular formula is C12H15F3N2.